The molecule has 4 nitrogen and oxygen atoms in total. The fraction of sp³-hybridized carbons (Fsp3) is 0.667. The molecule has 1 fully saturated rings. The van der Waals surface area contributed by atoms with Crippen LogP contribution in [0.15, 0.2) is 12.7 Å². The Balaban J connectivity index is 2.82. The van der Waals surface area contributed by atoms with E-state index in [-0.39, 0.29) is 26.0 Å². The summed E-state index contributed by atoms with van der Waals surface area (Å²) in [5.41, 5.74) is 0. The SMILES string of the molecule is C=CCC(C(=O)OCC)N1CCC(F)C(=O)C1F. The van der Waals surface area contributed by atoms with Gasteiger partial charge in [0.25, 0.3) is 0 Å². The highest BCUT2D eigenvalue weighted by molar-refractivity contribution is 5.88. The Bertz CT molecular complexity index is 335. The van der Waals surface area contributed by atoms with Crippen LogP contribution in [0.3, 0.4) is 0 Å². The summed E-state index contributed by atoms with van der Waals surface area (Å²) < 4.78 is 31.6. The van der Waals surface area contributed by atoms with Crippen LogP contribution in [0.2, 0.25) is 0 Å². The number of rotatable bonds is 5. The maximum Gasteiger partial charge on any atom is 0.323 e. The molecule has 1 aliphatic heterocycles. The summed E-state index contributed by atoms with van der Waals surface area (Å²) in [6.07, 6.45) is -2.39. The first kappa shape index (κ1) is 14.8. The zero-order valence-electron chi connectivity index (χ0n) is 10.3. The number of Topliss-reactive ketones (excluding diaryl/α,β-unsaturated/α-hetero) is 1. The van der Waals surface area contributed by atoms with Crippen molar-refractivity contribution in [3.63, 3.8) is 0 Å². The van der Waals surface area contributed by atoms with E-state index >= 15 is 0 Å². The Labute approximate surface area is 105 Å². The molecule has 0 spiro atoms. The van der Waals surface area contributed by atoms with E-state index in [9.17, 15) is 18.4 Å². The highest BCUT2D eigenvalue weighted by Crippen LogP contribution is 2.22. The average molecular weight is 261 g/mol. The fourth-order valence-electron chi connectivity index (χ4n) is 1.91. The van der Waals surface area contributed by atoms with Crippen LogP contribution >= 0.6 is 0 Å². The predicted molar refractivity (Wildman–Crippen MR) is 61.4 cm³/mol. The van der Waals surface area contributed by atoms with Crippen molar-refractivity contribution < 1.29 is 23.1 Å². The third-order valence-corrected chi connectivity index (χ3v) is 2.82. The number of ether oxygens (including phenoxy) is 1. The molecule has 0 aromatic heterocycles. The van der Waals surface area contributed by atoms with Crippen molar-refractivity contribution in [2.75, 3.05) is 13.2 Å². The largest absolute Gasteiger partial charge is 0.465 e. The summed E-state index contributed by atoms with van der Waals surface area (Å²) in [6.45, 7) is 5.28. The van der Waals surface area contributed by atoms with Gasteiger partial charge in [-0.2, -0.15) is 0 Å². The topological polar surface area (TPSA) is 46.6 Å². The number of ketones is 1. The molecule has 3 atom stereocenters. The van der Waals surface area contributed by atoms with E-state index < -0.39 is 30.3 Å². The second kappa shape index (κ2) is 6.58. The molecule has 0 aromatic carbocycles. The number of likely N-dealkylation sites (tertiary alicyclic amines) is 1. The molecule has 0 saturated carbocycles. The van der Waals surface area contributed by atoms with Crippen molar-refractivity contribution in [2.24, 2.45) is 0 Å². The van der Waals surface area contributed by atoms with Crippen LogP contribution in [-0.4, -0.2) is 48.3 Å². The molecule has 0 radical (unpaired) electrons. The molecule has 3 unspecified atom stereocenters. The van der Waals surface area contributed by atoms with Crippen LogP contribution in [0.1, 0.15) is 19.8 Å². The van der Waals surface area contributed by atoms with Crippen LogP contribution in [0.4, 0.5) is 8.78 Å². The van der Waals surface area contributed by atoms with Gasteiger partial charge in [-0.25, -0.2) is 8.78 Å². The lowest BCUT2D eigenvalue weighted by Crippen LogP contribution is -2.55. The van der Waals surface area contributed by atoms with Gasteiger partial charge in [0.05, 0.1) is 6.61 Å². The van der Waals surface area contributed by atoms with Gasteiger partial charge < -0.3 is 4.74 Å². The lowest BCUT2D eigenvalue weighted by molar-refractivity contribution is -0.158. The second-order valence-corrected chi connectivity index (χ2v) is 4.02. The summed E-state index contributed by atoms with van der Waals surface area (Å²) in [7, 11) is 0. The van der Waals surface area contributed by atoms with Gasteiger partial charge in [-0.05, 0) is 19.8 Å². The maximum absolute atomic E-state index is 13.8. The molecule has 0 aliphatic carbocycles. The van der Waals surface area contributed by atoms with Crippen molar-refractivity contribution >= 4 is 11.8 Å². The van der Waals surface area contributed by atoms with E-state index in [4.69, 9.17) is 4.74 Å². The summed E-state index contributed by atoms with van der Waals surface area (Å²) in [5.74, 6) is -1.75. The summed E-state index contributed by atoms with van der Waals surface area (Å²) >= 11 is 0. The van der Waals surface area contributed by atoms with Crippen LogP contribution in [0.25, 0.3) is 0 Å². The fourth-order valence-corrected chi connectivity index (χ4v) is 1.91. The zero-order valence-corrected chi connectivity index (χ0v) is 10.3. The Morgan fingerprint density at radius 1 is 1.67 bits per heavy atom. The summed E-state index contributed by atoms with van der Waals surface area (Å²) in [6, 6.07) is -0.922. The highest BCUT2D eigenvalue weighted by Gasteiger charge is 2.42. The Hall–Kier alpha value is -1.30. The smallest absolute Gasteiger partial charge is 0.323 e. The van der Waals surface area contributed by atoms with Gasteiger partial charge >= 0.3 is 5.97 Å². The van der Waals surface area contributed by atoms with Gasteiger partial charge in [-0.15, -0.1) is 6.58 Å². The molecule has 1 heterocycles. The molecule has 1 saturated heterocycles. The molecule has 1 rings (SSSR count). The highest BCUT2D eigenvalue weighted by atomic mass is 19.1. The lowest BCUT2D eigenvalue weighted by atomic mass is 10.0. The van der Waals surface area contributed by atoms with E-state index in [0.29, 0.717) is 0 Å². The van der Waals surface area contributed by atoms with Gasteiger partial charge in [-0.1, -0.05) is 6.08 Å². The minimum absolute atomic E-state index is 0.00535. The van der Waals surface area contributed by atoms with Crippen molar-refractivity contribution in [3.05, 3.63) is 12.7 Å². The molecule has 0 amide bonds. The van der Waals surface area contributed by atoms with Gasteiger partial charge in [0.15, 0.2) is 6.17 Å². The molecule has 0 N–H and O–H groups in total. The van der Waals surface area contributed by atoms with E-state index in [1.807, 2.05) is 0 Å². The Morgan fingerprint density at radius 2 is 2.33 bits per heavy atom. The average Bonchev–Trinajstić information content (AvgIpc) is 2.34. The summed E-state index contributed by atoms with van der Waals surface area (Å²) in [4.78, 5) is 24.0. The van der Waals surface area contributed by atoms with Crippen molar-refractivity contribution in [1.29, 1.82) is 0 Å². The zero-order chi connectivity index (χ0) is 13.7. The number of nitrogens with zero attached hydrogens (tertiary/aromatic N) is 1. The molecule has 18 heavy (non-hydrogen) atoms. The number of carbonyl (C=O) groups is 2. The normalized spacial score (nSPS) is 26.7. The van der Waals surface area contributed by atoms with Crippen LogP contribution in [0.5, 0.6) is 0 Å². The molecule has 0 aromatic rings. The Morgan fingerprint density at radius 3 is 2.89 bits per heavy atom. The van der Waals surface area contributed by atoms with Gasteiger partial charge in [0, 0.05) is 6.54 Å². The third kappa shape index (κ3) is 3.13. The molecule has 6 heteroatoms. The van der Waals surface area contributed by atoms with E-state index in [1.165, 1.54) is 6.08 Å². The quantitative estimate of drug-likeness (QED) is 0.426. The van der Waals surface area contributed by atoms with Gasteiger partial charge in [0.2, 0.25) is 12.1 Å². The maximum atomic E-state index is 13.8. The van der Waals surface area contributed by atoms with E-state index in [1.54, 1.807) is 6.92 Å². The first-order valence-corrected chi connectivity index (χ1v) is 5.88. The van der Waals surface area contributed by atoms with Crippen LogP contribution < -0.4 is 0 Å². The minimum Gasteiger partial charge on any atom is -0.465 e. The van der Waals surface area contributed by atoms with Crippen LogP contribution in [0, 0.1) is 0 Å². The standard InChI is InChI=1S/C12H17F2NO3/c1-3-5-9(12(17)18-4-2)15-7-6-8(13)10(16)11(15)14/h3,8-9,11H,1,4-7H2,2H3. The number of piperidine rings is 1. The summed E-state index contributed by atoms with van der Waals surface area (Å²) in [5, 5.41) is 0. The first-order valence-electron chi connectivity index (χ1n) is 5.88. The second-order valence-electron chi connectivity index (χ2n) is 4.02. The van der Waals surface area contributed by atoms with E-state index in [0.717, 1.165) is 4.90 Å². The van der Waals surface area contributed by atoms with Crippen LogP contribution in [-0.2, 0) is 14.3 Å². The molecular weight excluding hydrogens is 244 g/mol. The number of esters is 1. The first-order chi connectivity index (χ1) is 8.52. The molecular formula is C12H17F2NO3. The number of alkyl halides is 2. The number of hydrogen-bond acceptors (Lipinski definition) is 4. The molecule has 1 aliphatic rings. The van der Waals surface area contributed by atoms with Crippen molar-refractivity contribution in [1.82, 2.24) is 4.90 Å². The third-order valence-electron chi connectivity index (χ3n) is 2.82. The molecule has 0 bridgehead atoms. The number of hydrogen-bond donors (Lipinski definition) is 0. The van der Waals surface area contributed by atoms with Crippen molar-refractivity contribution in [3.8, 4) is 0 Å². The number of halogens is 2. The lowest BCUT2D eigenvalue weighted by Gasteiger charge is -2.35. The van der Waals surface area contributed by atoms with E-state index in [2.05, 4.69) is 6.58 Å². The number of carbonyl (C=O) groups excluding carboxylic acids is 2. The minimum atomic E-state index is -2.09. The molecule has 102 valence electrons. The Kier molecular flexibility index (Phi) is 5.40. The van der Waals surface area contributed by atoms with Crippen molar-refractivity contribution in [2.45, 2.75) is 38.3 Å². The van der Waals surface area contributed by atoms with Gasteiger partial charge in [0.1, 0.15) is 6.04 Å². The van der Waals surface area contributed by atoms with Gasteiger partial charge in [-0.3, -0.25) is 14.5 Å². The monoisotopic (exact) mass is 261 g/mol. The predicted octanol–water partition coefficient (Wildman–Crippen LogP) is 1.40.